The summed E-state index contributed by atoms with van der Waals surface area (Å²) in [5, 5.41) is 0. The standard InChI is InChI=1S/C18H22N2O/c1-3-4-13-20(15-10-6-5-7-11-15)18(21)16-12-8-9-14(2)17(16)19/h5-12H,3-4,13,19H2,1-2H3. The fraction of sp³-hybridized carbons (Fsp3) is 0.278. The molecule has 0 heterocycles. The number of nitrogen functional groups attached to an aromatic ring is 1. The van der Waals surface area contributed by atoms with Crippen LogP contribution in [0, 0.1) is 6.92 Å². The zero-order chi connectivity index (χ0) is 15.2. The molecule has 0 bridgehead atoms. The number of unbranched alkanes of at least 4 members (excludes halogenated alkanes) is 1. The summed E-state index contributed by atoms with van der Waals surface area (Å²) in [7, 11) is 0. The molecule has 0 saturated heterocycles. The molecule has 0 aliphatic heterocycles. The summed E-state index contributed by atoms with van der Waals surface area (Å²) in [5.74, 6) is -0.0316. The van der Waals surface area contributed by atoms with Crippen molar-refractivity contribution < 1.29 is 4.79 Å². The molecule has 0 saturated carbocycles. The molecule has 0 aliphatic rings. The SMILES string of the molecule is CCCCN(C(=O)c1cccc(C)c1N)c1ccccc1. The molecule has 2 aromatic carbocycles. The predicted octanol–water partition coefficient (Wildman–Crippen LogP) is 4.02. The fourth-order valence-electron chi connectivity index (χ4n) is 2.28. The van der Waals surface area contributed by atoms with Gasteiger partial charge in [0.15, 0.2) is 0 Å². The molecule has 2 N–H and O–H groups in total. The van der Waals surface area contributed by atoms with Gasteiger partial charge in [-0.05, 0) is 37.1 Å². The molecular weight excluding hydrogens is 260 g/mol. The van der Waals surface area contributed by atoms with E-state index in [1.54, 1.807) is 6.07 Å². The van der Waals surface area contributed by atoms with Crippen molar-refractivity contribution >= 4 is 17.3 Å². The molecule has 0 fully saturated rings. The first kappa shape index (κ1) is 15.1. The van der Waals surface area contributed by atoms with Crippen molar-refractivity contribution in [2.75, 3.05) is 17.2 Å². The largest absolute Gasteiger partial charge is 0.398 e. The van der Waals surface area contributed by atoms with Crippen LogP contribution in [0.3, 0.4) is 0 Å². The van der Waals surface area contributed by atoms with Gasteiger partial charge in [0, 0.05) is 17.9 Å². The lowest BCUT2D eigenvalue weighted by Gasteiger charge is -2.23. The number of rotatable bonds is 5. The van der Waals surface area contributed by atoms with Gasteiger partial charge in [0.1, 0.15) is 0 Å². The Morgan fingerprint density at radius 2 is 1.81 bits per heavy atom. The number of carbonyl (C=O) groups is 1. The maximum Gasteiger partial charge on any atom is 0.260 e. The van der Waals surface area contributed by atoms with Crippen LogP contribution in [0.25, 0.3) is 0 Å². The van der Waals surface area contributed by atoms with Gasteiger partial charge in [0.2, 0.25) is 0 Å². The molecule has 1 amide bonds. The number of hydrogen-bond donors (Lipinski definition) is 1. The number of nitrogens with two attached hydrogens (primary N) is 1. The monoisotopic (exact) mass is 282 g/mol. The van der Waals surface area contributed by atoms with Crippen LogP contribution >= 0.6 is 0 Å². The Morgan fingerprint density at radius 1 is 1.10 bits per heavy atom. The van der Waals surface area contributed by atoms with Gasteiger partial charge in [-0.15, -0.1) is 0 Å². The van der Waals surface area contributed by atoms with Gasteiger partial charge >= 0.3 is 0 Å². The maximum atomic E-state index is 12.9. The van der Waals surface area contributed by atoms with Crippen molar-refractivity contribution in [3.8, 4) is 0 Å². The Balaban J connectivity index is 2.36. The second kappa shape index (κ2) is 6.93. The van der Waals surface area contributed by atoms with Gasteiger partial charge in [-0.3, -0.25) is 4.79 Å². The van der Waals surface area contributed by atoms with Gasteiger partial charge in [-0.25, -0.2) is 0 Å². The molecule has 0 spiro atoms. The Kier molecular flexibility index (Phi) is 4.99. The molecule has 2 rings (SSSR count). The third-order valence-electron chi connectivity index (χ3n) is 3.60. The van der Waals surface area contributed by atoms with Crippen molar-refractivity contribution in [1.82, 2.24) is 0 Å². The molecule has 0 atom stereocenters. The van der Waals surface area contributed by atoms with E-state index in [9.17, 15) is 4.79 Å². The summed E-state index contributed by atoms with van der Waals surface area (Å²) in [4.78, 5) is 14.7. The summed E-state index contributed by atoms with van der Waals surface area (Å²) >= 11 is 0. The third kappa shape index (κ3) is 3.43. The van der Waals surface area contributed by atoms with Crippen LogP contribution in [0.2, 0.25) is 0 Å². The Bertz CT molecular complexity index is 608. The molecule has 0 aliphatic carbocycles. The second-order valence-corrected chi connectivity index (χ2v) is 5.18. The Labute approximate surface area is 126 Å². The van der Waals surface area contributed by atoms with Crippen LogP contribution in [-0.2, 0) is 0 Å². The lowest BCUT2D eigenvalue weighted by Crippen LogP contribution is -2.32. The normalized spacial score (nSPS) is 10.4. The first-order chi connectivity index (χ1) is 10.1. The molecule has 21 heavy (non-hydrogen) atoms. The molecule has 110 valence electrons. The number of amides is 1. The van der Waals surface area contributed by atoms with E-state index in [2.05, 4.69) is 6.92 Å². The number of hydrogen-bond acceptors (Lipinski definition) is 2. The second-order valence-electron chi connectivity index (χ2n) is 5.18. The smallest absolute Gasteiger partial charge is 0.260 e. The topological polar surface area (TPSA) is 46.3 Å². The number of benzene rings is 2. The van der Waals surface area contributed by atoms with Crippen molar-refractivity contribution in [3.05, 3.63) is 59.7 Å². The van der Waals surface area contributed by atoms with E-state index < -0.39 is 0 Å². The number of aryl methyl sites for hydroxylation is 1. The number of carbonyl (C=O) groups excluding carboxylic acids is 1. The lowest BCUT2D eigenvalue weighted by atomic mass is 10.1. The number of nitrogens with zero attached hydrogens (tertiary/aromatic N) is 1. The summed E-state index contributed by atoms with van der Waals surface area (Å²) in [6, 6.07) is 15.4. The van der Waals surface area contributed by atoms with E-state index in [1.165, 1.54) is 0 Å². The first-order valence-electron chi connectivity index (χ1n) is 7.37. The molecule has 3 nitrogen and oxygen atoms in total. The summed E-state index contributed by atoms with van der Waals surface area (Å²) in [5.41, 5.74) is 9.08. The van der Waals surface area contributed by atoms with E-state index in [-0.39, 0.29) is 5.91 Å². The van der Waals surface area contributed by atoms with Crippen molar-refractivity contribution in [2.24, 2.45) is 0 Å². The molecule has 0 unspecified atom stereocenters. The summed E-state index contributed by atoms with van der Waals surface area (Å²) < 4.78 is 0. The predicted molar refractivity (Wildman–Crippen MR) is 88.6 cm³/mol. The van der Waals surface area contributed by atoms with Crippen LogP contribution in [-0.4, -0.2) is 12.5 Å². The quantitative estimate of drug-likeness (QED) is 0.842. The molecule has 2 aromatic rings. The minimum Gasteiger partial charge on any atom is -0.398 e. The van der Waals surface area contributed by atoms with Crippen LogP contribution in [0.1, 0.15) is 35.7 Å². The third-order valence-corrected chi connectivity index (χ3v) is 3.60. The Hall–Kier alpha value is -2.29. The van der Waals surface area contributed by atoms with E-state index in [0.717, 1.165) is 24.1 Å². The summed E-state index contributed by atoms with van der Waals surface area (Å²) in [6.45, 7) is 4.74. The van der Waals surface area contributed by atoms with E-state index in [1.807, 2.05) is 54.3 Å². The van der Waals surface area contributed by atoms with Crippen molar-refractivity contribution in [3.63, 3.8) is 0 Å². The molecule has 3 heteroatoms. The first-order valence-corrected chi connectivity index (χ1v) is 7.37. The van der Waals surface area contributed by atoms with Gasteiger partial charge < -0.3 is 10.6 Å². The van der Waals surface area contributed by atoms with Crippen LogP contribution < -0.4 is 10.6 Å². The highest BCUT2D eigenvalue weighted by molar-refractivity contribution is 6.09. The highest BCUT2D eigenvalue weighted by Crippen LogP contribution is 2.22. The summed E-state index contributed by atoms with van der Waals surface area (Å²) in [6.07, 6.45) is 2.01. The van der Waals surface area contributed by atoms with E-state index in [4.69, 9.17) is 5.73 Å². The average Bonchev–Trinajstić information content (AvgIpc) is 2.51. The zero-order valence-corrected chi connectivity index (χ0v) is 12.7. The van der Waals surface area contributed by atoms with E-state index in [0.29, 0.717) is 17.8 Å². The van der Waals surface area contributed by atoms with Crippen LogP contribution in [0.4, 0.5) is 11.4 Å². The van der Waals surface area contributed by atoms with Crippen LogP contribution in [0.15, 0.2) is 48.5 Å². The average molecular weight is 282 g/mol. The maximum absolute atomic E-state index is 12.9. The minimum absolute atomic E-state index is 0.0316. The molecule has 0 aromatic heterocycles. The van der Waals surface area contributed by atoms with Gasteiger partial charge in [-0.1, -0.05) is 43.7 Å². The molecular formula is C18H22N2O. The molecule has 0 radical (unpaired) electrons. The zero-order valence-electron chi connectivity index (χ0n) is 12.7. The van der Waals surface area contributed by atoms with E-state index >= 15 is 0 Å². The lowest BCUT2D eigenvalue weighted by molar-refractivity contribution is 0.0987. The minimum atomic E-state index is -0.0316. The number of anilines is 2. The Morgan fingerprint density at radius 3 is 2.48 bits per heavy atom. The van der Waals surface area contributed by atoms with Gasteiger partial charge in [0.05, 0.1) is 5.56 Å². The number of para-hydroxylation sites is 2. The fourth-order valence-corrected chi connectivity index (χ4v) is 2.28. The highest BCUT2D eigenvalue weighted by atomic mass is 16.2. The van der Waals surface area contributed by atoms with Crippen molar-refractivity contribution in [1.29, 1.82) is 0 Å². The van der Waals surface area contributed by atoms with Gasteiger partial charge in [-0.2, -0.15) is 0 Å². The highest BCUT2D eigenvalue weighted by Gasteiger charge is 2.19. The van der Waals surface area contributed by atoms with Crippen molar-refractivity contribution in [2.45, 2.75) is 26.7 Å². The van der Waals surface area contributed by atoms with Crippen LogP contribution in [0.5, 0.6) is 0 Å². The van der Waals surface area contributed by atoms with Gasteiger partial charge in [0.25, 0.3) is 5.91 Å².